The Labute approximate surface area is 81.4 Å². The van der Waals surface area contributed by atoms with E-state index in [0.29, 0.717) is 0 Å². The Bertz CT molecular complexity index is 337. The molecule has 0 radical (unpaired) electrons. The molecule has 7 nitrogen and oxygen atoms in total. The highest BCUT2D eigenvalue weighted by atomic mass is 79.9. The van der Waals surface area contributed by atoms with E-state index in [1.54, 1.807) is 0 Å². The number of nitrogens with two attached hydrogens (primary N) is 1. The summed E-state index contributed by atoms with van der Waals surface area (Å²) in [6, 6.07) is 0. The predicted molar refractivity (Wildman–Crippen MR) is 48.1 cm³/mol. The molecule has 1 heterocycles. The lowest BCUT2D eigenvalue weighted by molar-refractivity contribution is -0.384. The van der Waals surface area contributed by atoms with E-state index in [2.05, 4.69) is 21.0 Å². The van der Waals surface area contributed by atoms with Gasteiger partial charge in [0.05, 0.1) is 18.1 Å². The molecule has 72 valence electrons. The van der Waals surface area contributed by atoms with Crippen molar-refractivity contribution >= 4 is 27.4 Å². The van der Waals surface area contributed by atoms with Crippen LogP contribution >= 0.6 is 15.9 Å². The molecule has 0 fully saturated rings. The SMILES string of the molecule is Nc1c([N+](=O)[O-])c(Br)nn1CCO. The lowest BCUT2D eigenvalue weighted by Crippen LogP contribution is -2.08. The number of nitrogen functional groups attached to an aromatic ring is 1. The summed E-state index contributed by atoms with van der Waals surface area (Å²) in [6.07, 6.45) is 0. The Kier molecular flexibility index (Phi) is 2.83. The highest BCUT2D eigenvalue weighted by molar-refractivity contribution is 9.10. The Balaban J connectivity index is 3.14. The summed E-state index contributed by atoms with van der Waals surface area (Å²) >= 11 is 2.90. The van der Waals surface area contributed by atoms with Gasteiger partial charge < -0.3 is 10.8 Å². The number of anilines is 1. The first-order valence-electron chi connectivity index (χ1n) is 3.35. The Hall–Kier alpha value is -1.15. The molecule has 1 aromatic rings. The Morgan fingerprint density at radius 1 is 1.77 bits per heavy atom. The summed E-state index contributed by atoms with van der Waals surface area (Å²) in [4.78, 5) is 9.82. The number of hydrogen-bond donors (Lipinski definition) is 2. The van der Waals surface area contributed by atoms with Gasteiger partial charge in [-0.15, -0.1) is 0 Å². The second kappa shape index (κ2) is 3.71. The van der Waals surface area contributed by atoms with E-state index in [-0.39, 0.29) is 29.3 Å². The molecular weight excluding hydrogens is 244 g/mol. The van der Waals surface area contributed by atoms with E-state index in [1.165, 1.54) is 4.68 Å². The summed E-state index contributed by atoms with van der Waals surface area (Å²) < 4.78 is 1.24. The lowest BCUT2D eigenvalue weighted by Gasteiger charge is -1.97. The van der Waals surface area contributed by atoms with Crippen molar-refractivity contribution in [1.29, 1.82) is 0 Å². The van der Waals surface area contributed by atoms with E-state index in [9.17, 15) is 10.1 Å². The molecule has 0 aliphatic heterocycles. The molecule has 8 heteroatoms. The summed E-state index contributed by atoms with van der Waals surface area (Å²) in [7, 11) is 0. The van der Waals surface area contributed by atoms with Gasteiger partial charge in [-0.3, -0.25) is 10.1 Å². The minimum Gasteiger partial charge on any atom is -0.394 e. The van der Waals surface area contributed by atoms with Gasteiger partial charge in [0.25, 0.3) is 0 Å². The second-order valence-electron chi connectivity index (χ2n) is 2.23. The van der Waals surface area contributed by atoms with Crippen LogP contribution in [-0.2, 0) is 6.54 Å². The van der Waals surface area contributed by atoms with Gasteiger partial charge in [-0.2, -0.15) is 5.10 Å². The third kappa shape index (κ3) is 1.78. The van der Waals surface area contributed by atoms with Gasteiger partial charge >= 0.3 is 5.69 Å². The molecule has 0 aromatic carbocycles. The molecule has 1 rings (SSSR count). The molecule has 0 aliphatic rings. The Morgan fingerprint density at radius 2 is 2.38 bits per heavy atom. The zero-order chi connectivity index (χ0) is 10.0. The number of aliphatic hydroxyl groups is 1. The van der Waals surface area contributed by atoms with Crippen LogP contribution in [0.4, 0.5) is 11.5 Å². The molecule has 1 aromatic heterocycles. The van der Waals surface area contributed by atoms with Crippen LogP contribution in [0.1, 0.15) is 0 Å². The fourth-order valence-corrected chi connectivity index (χ4v) is 1.41. The molecule has 0 saturated heterocycles. The summed E-state index contributed by atoms with van der Waals surface area (Å²) in [5, 5.41) is 22.7. The summed E-state index contributed by atoms with van der Waals surface area (Å²) in [6.45, 7) is -0.0340. The van der Waals surface area contributed by atoms with Crippen molar-refractivity contribution in [1.82, 2.24) is 9.78 Å². The number of nitrogens with zero attached hydrogens (tertiary/aromatic N) is 3. The van der Waals surface area contributed by atoms with Crippen molar-refractivity contribution in [2.45, 2.75) is 6.54 Å². The fraction of sp³-hybridized carbons (Fsp3) is 0.400. The highest BCUT2D eigenvalue weighted by Crippen LogP contribution is 2.29. The Morgan fingerprint density at radius 3 is 2.77 bits per heavy atom. The standard InChI is InChI=1S/C5H7BrN4O3/c6-4-3(10(12)13)5(7)9(8-4)1-2-11/h11H,1-2,7H2. The average molecular weight is 251 g/mol. The first-order chi connectivity index (χ1) is 6.07. The average Bonchev–Trinajstić information content (AvgIpc) is 2.28. The summed E-state index contributed by atoms with van der Waals surface area (Å²) in [5.74, 6) is -0.0640. The van der Waals surface area contributed by atoms with Crippen molar-refractivity contribution < 1.29 is 10.0 Å². The van der Waals surface area contributed by atoms with Crippen LogP contribution in [0.3, 0.4) is 0 Å². The van der Waals surface area contributed by atoms with Gasteiger partial charge in [0.1, 0.15) is 0 Å². The highest BCUT2D eigenvalue weighted by Gasteiger charge is 2.23. The predicted octanol–water partition coefficient (Wildman–Crippen LogP) is 0.128. The van der Waals surface area contributed by atoms with Crippen molar-refractivity contribution in [2.75, 3.05) is 12.3 Å². The van der Waals surface area contributed by atoms with Crippen LogP contribution in [0.25, 0.3) is 0 Å². The fourth-order valence-electron chi connectivity index (χ4n) is 0.869. The van der Waals surface area contributed by atoms with E-state index < -0.39 is 4.92 Å². The van der Waals surface area contributed by atoms with Crippen molar-refractivity contribution in [2.24, 2.45) is 0 Å². The van der Waals surface area contributed by atoms with E-state index >= 15 is 0 Å². The van der Waals surface area contributed by atoms with Crippen LogP contribution < -0.4 is 5.73 Å². The molecule has 0 atom stereocenters. The monoisotopic (exact) mass is 250 g/mol. The molecule has 13 heavy (non-hydrogen) atoms. The van der Waals surface area contributed by atoms with E-state index in [4.69, 9.17) is 10.8 Å². The first-order valence-corrected chi connectivity index (χ1v) is 4.14. The lowest BCUT2D eigenvalue weighted by atomic mass is 10.5. The van der Waals surface area contributed by atoms with Gasteiger partial charge in [0, 0.05) is 0 Å². The van der Waals surface area contributed by atoms with Crippen LogP contribution in [0.5, 0.6) is 0 Å². The van der Waals surface area contributed by atoms with Gasteiger partial charge in [0.2, 0.25) is 10.4 Å². The third-order valence-corrected chi connectivity index (χ3v) is 1.95. The molecule has 0 amide bonds. The number of hydrogen-bond acceptors (Lipinski definition) is 5. The van der Waals surface area contributed by atoms with Crippen LogP contribution in [-0.4, -0.2) is 26.4 Å². The van der Waals surface area contributed by atoms with Gasteiger partial charge in [-0.25, -0.2) is 4.68 Å². The molecule has 3 N–H and O–H groups in total. The topological polar surface area (TPSA) is 107 Å². The zero-order valence-electron chi connectivity index (χ0n) is 6.47. The van der Waals surface area contributed by atoms with Crippen LogP contribution in [0.2, 0.25) is 0 Å². The molecule has 0 bridgehead atoms. The quantitative estimate of drug-likeness (QED) is 0.586. The minimum absolute atomic E-state index is 0.0640. The number of aliphatic hydroxyl groups excluding tert-OH is 1. The smallest absolute Gasteiger partial charge is 0.345 e. The van der Waals surface area contributed by atoms with Crippen LogP contribution in [0.15, 0.2) is 4.60 Å². The van der Waals surface area contributed by atoms with Crippen molar-refractivity contribution in [3.8, 4) is 0 Å². The third-order valence-electron chi connectivity index (χ3n) is 1.42. The van der Waals surface area contributed by atoms with E-state index in [1.807, 2.05) is 0 Å². The normalized spacial score (nSPS) is 10.3. The molecule has 0 saturated carbocycles. The van der Waals surface area contributed by atoms with Crippen molar-refractivity contribution in [3.63, 3.8) is 0 Å². The maximum absolute atomic E-state index is 10.4. The largest absolute Gasteiger partial charge is 0.394 e. The van der Waals surface area contributed by atoms with Gasteiger partial charge in [0.15, 0.2) is 0 Å². The molecular formula is C5H7BrN4O3. The number of rotatable bonds is 3. The van der Waals surface area contributed by atoms with Crippen molar-refractivity contribution in [3.05, 3.63) is 14.7 Å². The maximum atomic E-state index is 10.4. The maximum Gasteiger partial charge on any atom is 0.345 e. The van der Waals surface area contributed by atoms with E-state index in [0.717, 1.165) is 0 Å². The molecule has 0 unspecified atom stereocenters. The number of nitro groups is 1. The zero-order valence-corrected chi connectivity index (χ0v) is 8.06. The molecule has 0 spiro atoms. The van der Waals surface area contributed by atoms with Gasteiger partial charge in [-0.1, -0.05) is 0 Å². The van der Waals surface area contributed by atoms with Crippen LogP contribution in [0, 0.1) is 10.1 Å². The number of halogens is 1. The first kappa shape index (κ1) is 9.93. The second-order valence-corrected chi connectivity index (χ2v) is 2.98. The number of aromatic nitrogens is 2. The molecule has 0 aliphatic carbocycles. The van der Waals surface area contributed by atoms with Gasteiger partial charge in [-0.05, 0) is 15.9 Å². The summed E-state index contributed by atoms with van der Waals surface area (Å²) in [5.41, 5.74) is 5.14. The minimum atomic E-state index is -0.625.